The van der Waals surface area contributed by atoms with Crippen LogP contribution in [0.25, 0.3) is 0 Å². The molecule has 2 aromatic carbocycles. The zero-order valence-corrected chi connectivity index (χ0v) is 16.0. The van der Waals surface area contributed by atoms with E-state index in [0.717, 1.165) is 18.8 Å². The first-order valence-electron chi connectivity index (χ1n) is 8.48. The molecule has 0 aliphatic heterocycles. The Morgan fingerprint density at radius 1 is 0.926 bits per heavy atom. The Morgan fingerprint density at radius 3 is 2.41 bits per heavy atom. The van der Waals surface area contributed by atoms with Gasteiger partial charge in [0.15, 0.2) is 0 Å². The van der Waals surface area contributed by atoms with Crippen LogP contribution in [-0.4, -0.2) is 30.7 Å². The molecule has 0 radical (unpaired) electrons. The fraction of sp³-hybridized carbons (Fsp3) is 0.200. The first kappa shape index (κ1) is 18.8. The lowest BCUT2D eigenvalue weighted by atomic mass is 10.1. The Balaban J connectivity index is 1.69. The van der Waals surface area contributed by atoms with Gasteiger partial charge in [0.2, 0.25) is 0 Å². The summed E-state index contributed by atoms with van der Waals surface area (Å²) in [5, 5.41) is 7.01. The maximum Gasteiger partial charge on any atom is 0.144 e. The van der Waals surface area contributed by atoms with E-state index >= 15 is 0 Å². The average molecular weight is 385 g/mol. The molecule has 2 N–H and O–H groups in total. The molecule has 0 amide bonds. The van der Waals surface area contributed by atoms with Crippen LogP contribution in [0.4, 0.5) is 17.3 Å². The number of aromatic nitrogens is 2. The molecule has 0 bridgehead atoms. The summed E-state index contributed by atoms with van der Waals surface area (Å²) in [6.07, 6.45) is 2.42. The van der Waals surface area contributed by atoms with Crippen molar-refractivity contribution in [1.82, 2.24) is 9.97 Å². The van der Waals surface area contributed by atoms with Crippen molar-refractivity contribution in [3.8, 4) is 11.5 Å². The van der Waals surface area contributed by atoms with Gasteiger partial charge in [-0.25, -0.2) is 9.97 Å². The fourth-order valence-electron chi connectivity index (χ4n) is 2.60. The first-order valence-corrected chi connectivity index (χ1v) is 8.86. The summed E-state index contributed by atoms with van der Waals surface area (Å²) in [4.78, 5) is 8.53. The number of benzene rings is 2. The molecule has 0 unspecified atom stereocenters. The van der Waals surface area contributed by atoms with E-state index in [1.54, 1.807) is 26.4 Å². The molecule has 1 aromatic heterocycles. The van der Waals surface area contributed by atoms with Crippen LogP contribution in [-0.2, 0) is 6.42 Å². The number of nitrogens with one attached hydrogen (secondary N) is 2. The summed E-state index contributed by atoms with van der Waals surface area (Å²) in [6.45, 7) is 0.776. The Hall–Kier alpha value is -2.99. The topological polar surface area (TPSA) is 68.3 Å². The number of hydrogen-bond acceptors (Lipinski definition) is 6. The maximum absolute atomic E-state index is 6.15. The minimum Gasteiger partial charge on any atom is -0.495 e. The van der Waals surface area contributed by atoms with E-state index in [4.69, 9.17) is 21.1 Å². The van der Waals surface area contributed by atoms with E-state index in [1.807, 2.05) is 24.3 Å². The molecule has 6 nitrogen and oxygen atoms in total. The second-order valence-corrected chi connectivity index (χ2v) is 6.17. The Kier molecular flexibility index (Phi) is 6.33. The van der Waals surface area contributed by atoms with Crippen LogP contribution in [0.5, 0.6) is 11.5 Å². The van der Waals surface area contributed by atoms with Crippen LogP contribution in [0.2, 0.25) is 5.02 Å². The standard InChI is InChI=1S/C20H21ClN4O2/c1-26-17-11-16(18(27-2)10-15(17)21)25-20-12-19(23-13-24-20)22-9-8-14-6-4-3-5-7-14/h3-7,10-13H,8-9H2,1-2H3,(H2,22,23,24,25). The Labute approximate surface area is 163 Å². The van der Waals surface area contributed by atoms with E-state index in [9.17, 15) is 0 Å². The number of anilines is 3. The van der Waals surface area contributed by atoms with Crippen LogP contribution >= 0.6 is 11.6 Å². The molecule has 0 aliphatic rings. The van der Waals surface area contributed by atoms with Gasteiger partial charge >= 0.3 is 0 Å². The van der Waals surface area contributed by atoms with Gasteiger partial charge in [-0.1, -0.05) is 41.9 Å². The van der Waals surface area contributed by atoms with E-state index < -0.39 is 0 Å². The summed E-state index contributed by atoms with van der Waals surface area (Å²) in [5.41, 5.74) is 1.98. The molecule has 0 aliphatic carbocycles. The summed E-state index contributed by atoms with van der Waals surface area (Å²) in [6, 6.07) is 15.6. The van der Waals surface area contributed by atoms with Gasteiger partial charge in [0, 0.05) is 24.7 Å². The third-order valence-electron chi connectivity index (χ3n) is 3.97. The van der Waals surface area contributed by atoms with Crippen LogP contribution in [0, 0.1) is 0 Å². The van der Waals surface area contributed by atoms with Crippen LogP contribution in [0.3, 0.4) is 0 Å². The van der Waals surface area contributed by atoms with Crippen LogP contribution in [0.1, 0.15) is 5.56 Å². The van der Waals surface area contributed by atoms with Crippen molar-refractivity contribution < 1.29 is 9.47 Å². The molecular formula is C20H21ClN4O2. The lowest BCUT2D eigenvalue weighted by Gasteiger charge is -2.14. The second kappa shape index (κ2) is 9.09. The van der Waals surface area contributed by atoms with Crippen molar-refractivity contribution in [2.24, 2.45) is 0 Å². The SMILES string of the molecule is COc1cc(Nc2cc(NCCc3ccccc3)ncn2)c(OC)cc1Cl. The summed E-state index contributed by atoms with van der Waals surface area (Å²) < 4.78 is 10.6. The van der Waals surface area contributed by atoms with Gasteiger partial charge in [-0.15, -0.1) is 0 Å². The Bertz CT molecular complexity index is 890. The molecule has 0 atom stereocenters. The number of methoxy groups -OCH3 is 2. The third kappa shape index (κ3) is 5.01. The van der Waals surface area contributed by atoms with Crippen LogP contribution < -0.4 is 20.1 Å². The molecule has 0 spiro atoms. The second-order valence-electron chi connectivity index (χ2n) is 5.76. The van der Waals surface area contributed by atoms with Gasteiger partial charge in [-0.3, -0.25) is 0 Å². The first-order chi connectivity index (χ1) is 13.2. The number of hydrogen-bond donors (Lipinski definition) is 2. The summed E-state index contributed by atoms with van der Waals surface area (Å²) in [5.74, 6) is 2.52. The van der Waals surface area contributed by atoms with Crippen molar-refractivity contribution in [3.63, 3.8) is 0 Å². The smallest absolute Gasteiger partial charge is 0.144 e. The monoisotopic (exact) mass is 384 g/mol. The van der Waals surface area contributed by atoms with E-state index in [1.165, 1.54) is 11.9 Å². The van der Waals surface area contributed by atoms with E-state index in [2.05, 4.69) is 32.7 Å². The van der Waals surface area contributed by atoms with Crippen LogP contribution in [0.15, 0.2) is 54.9 Å². The molecule has 3 aromatic rings. The largest absolute Gasteiger partial charge is 0.495 e. The van der Waals surface area contributed by atoms with Gasteiger partial charge in [0.25, 0.3) is 0 Å². The lowest BCUT2D eigenvalue weighted by Crippen LogP contribution is -2.07. The lowest BCUT2D eigenvalue weighted by molar-refractivity contribution is 0.405. The highest BCUT2D eigenvalue weighted by molar-refractivity contribution is 6.32. The highest BCUT2D eigenvalue weighted by atomic mass is 35.5. The third-order valence-corrected chi connectivity index (χ3v) is 4.26. The number of nitrogens with zero attached hydrogens (tertiary/aromatic N) is 2. The zero-order chi connectivity index (χ0) is 19.1. The highest BCUT2D eigenvalue weighted by Crippen LogP contribution is 2.37. The molecule has 0 fully saturated rings. The quantitative estimate of drug-likeness (QED) is 0.594. The number of halogens is 1. The molecule has 27 heavy (non-hydrogen) atoms. The molecule has 3 rings (SSSR count). The predicted octanol–water partition coefficient (Wildman–Crippen LogP) is 4.55. The molecule has 0 saturated carbocycles. The molecule has 0 saturated heterocycles. The zero-order valence-electron chi connectivity index (χ0n) is 15.2. The van der Waals surface area contributed by atoms with Gasteiger partial charge in [-0.05, 0) is 12.0 Å². The number of ether oxygens (including phenoxy) is 2. The molecule has 140 valence electrons. The number of rotatable bonds is 8. The van der Waals surface area contributed by atoms with Crippen molar-refractivity contribution in [3.05, 3.63) is 65.4 Å². The maximum atomic E-state index is 6.15. The predicted molar refractivity (Wildman–Crippen MR) is 109 cm³/mol. The fourth-order valence-corrected chi connectivity index (χ4v) is 2.83. The van der Waals surface area contributed by atoms with Crippen molar-refractivity contribution in [2.75, 3.05) is 31.4 Å². The van der Waals surface area contributed by atoms with Gasteiger partial charge in [0.1, 0.15) is 29.5 Å². The molecular weight excluding hydrogens is 364 g/mol. The minimum absolute atomic E-state index is 0.478. The Morgan fingerprint density at radius 2 is 1.67 bits per heavy atom. The molecule has 1 heterocycles. The van der Waals surface area contributed by atoms with Gasteiger partial charge in [0.05, 0.1) is 24.9 Å². The van der Waals surface area contributed by atoms with Crippen molar-refractivity contribution >= 4 is 28.9 Å². The van der Waals surface area contributed by atoms with Crippen molar-refractivity contribution in [2.45, 2.75) is 6.42 Å². The normalized spacial score (nSPS) is 10.3. The van der Waals surface area contributed by atoms with Gasteiger partial charge in [-0.2, -0.15) is 0 Å². The average Bonchev–Trinajstić information content (AvgIpc) is 2.70. The minimum atomic E-state index is 0.478. The van der Waals surface area contributed by atoms with Crippen molar-refractivity contribution in [1.29, 1.82) is 0 Å². The van der Waals surface area contributed by atoms with E-state index in [-0.39, 0.29) is 0 Å². The summed E-state index contributed by atoms with van der Waals surface area (Å²) >= 11 is 6.15. The highest BCUT2D eigenvalue weighted by Gasteiger charge is 2.11. The molecule has 7 heteroatoms. The van der Waals surface area contributed by atoms with Gasteiger partial charge < -0.3 is 20.1 Å². The van der Waals surface area contributed by atoms with E-state index in [0.29, 0.717) is 28.0 Å². The summed E-state index contributed by atoms with van der Waals surface area (Å²) in [7, 11) is 3.15.